The lowest BCUT2D eigenvalue weighted by Crippen LogP contribution is -2.27. The number of carbonyl (C=O) groups excluding carboxylic acids is 1. The van der Waals surface area contributed by atoms with Gasteiger partial charge >= 0.3 is 0 Å². The minimum atomic E-state index is -0.541. The molecule has 1 amide bonds. The maximum absolute atomic E-state index is 11.2. The number of amides is 1. The van der Waals surface area contributed by atoms with Crippen LogP contribution in [0.5, 0.6) is 0 Å². The number of carbonyl (C=O) groups is 1. The van der Waals surface area contributed by atoms with Crippen molar-refractivity contribution in [3.63, 3.8) is 0 Å². The van der Waals surface area contributed by atoms with Crippen LogP contribution < -0.4 is 10.6 Å². The first-order valence-electron chi connectivity index (χ1n) is 6.15. The minimum Gasteiger partial charge on any atom is -0.364 e. The highest BCUT2D eigenvalue weighted by Crippen LogP contribution is 2.32. The predicted molar refractivity (Wildman–Crippen MR) is 74.1 cm³/mol. The van der Waals surface area contributed by atoms with Gasteiger partial charge in [-0.2, -0.15) is 0 Å². The molecule has 6 heteroatoms. The molecule has 1 fully saturated rings. The van der Waals surface area contributed by atoms with Crippen LogP contribution in [0.15, 0.2) is 29.9 Å². The van der Waals surface area contributed by atoms with Gasteiger partial charge in [-0.1, -0.05) is 6.07 Å². The summed E-state index contributed by atoms with van der Waals surface area (Å²) in [5.74, 6) is 0.188. The Morgan fingerprint density at radius 1 is 1.47 bits per heavy atom. The van der Waals surface area contributed by atoms with Crippen molar-refractivity contribution in [1.82, 2.24) is 9.97 Å². The zero-order valence-electron chi connectivity index (χ0n) is 10.3. The average molecular weight is 274 g/mol. The fourth-order valence-corrected chi connectivity index (χ4v) is 2.67. The predicted octanol–water partition coefficient (Wildman–Crippen LogP) is 1.81. The Balaban J connectivity index is 1.87. The topological polar surface area (TPSA) is 72.1 Å². The van der Waals surface area contributed by atoms with Crippen molar-refractivity contribution in [3.8, 4) is 0 Å². The van der Waals surface area contributed by atoms with E-state index in [4.69, 9.17) is 5.73 Å². The summed E-state index contributed by atoms with van der Waals surface area (Å²) in [5, 5.41) is 2.06. The van der Waals surface area contributed by atoms with Crippen LogP contribution in [0.1, 0.15) is 28.2 Å². The molecule has 0 atom stereocenters. The highest BCUT2D eigenvalue weighted by Gasteiger charge is 2.30. The van der Waals surface area contributed by atoms with E-state index in [-0.39, 0.29) is 5.69 Å². The number of primary amides is 1. The summed E-state index contributed by atoms with van der Waals surface area (Å²) in [6, 6.07) is 4.64. The van der Waals surface area contributed by atoms with Crippen molar-refractivity contribution >= 4 is 23.1 Å². The summed E-state index contributed by atoms with van der Waals surface area (Å²) >= 11 is 1.72. The zero-order chi connectivity index (χ0) is 13.2. The molecule has 0 bridgehead atoms. The van der Waals surface area contributed by atoms with Gasteiger partial charge in [0.05, 0.1) is 18.9 Å². The Labute approximate surface area is 115 Å². The standard InChI is InChI=1S/C13H14N4OS/c14-13(18)11-6-15-7-12(16-11)17(9-3-4-9)8-10-2-1-5-19-10/h1-2,5-7,9H,3-4,8H2,(H2,14,18). The Morgan fingerprint density at radius 2 is 2.32 bits per heavy atom. The molecule has 0 aliphatic heterocycles. The molecule has 3 rings (SSSR count). The second-order valence-corrected chi connectivity index (χ2v) is 5.60. The number of nitrogens with two attached hydrogens (primary N) is 1. The molecule has 98 valence electrons. The van der Waals surface area contributed by atoms with Crippen molar-refractivity contribution < 1.29 is 4.79 Å². The molecule has 0 spiro atoms. The first kappa shape index (κ1) is 12.1. The molecule has 0 radical (unpaired) electrons. The summed E-state index contributed by atoms with van der Waals surface area (Å²) in [5.41, 5.74) is 5.47. The molecule has 5 nitrogen and oxygen atoms in total. The Kier molecular flexibility index (Phi) is 3.16. The van der Waals surface area contributed by atoms with E-state index < -0.39 is 5.91 Å². The number of nitrogens with zero attached hydrogens (tertiary/aromatic N) is 3. The van der Waals surface area contributed by atoms with Crippen molar-refractivity contribution in [2.45, 2.75) is 25.4 Å². The van der Waals surface area contributed by atoms with E-state index in [9.17, 15) is 4.79 Å². The van der Waals surface area contributed by atoms with Gasteiger partial charge < -0.3 is 10.6 Å². The van der Waals surface area contributed by atoms with Crippen molar-refractivity contribution in [3.05, 3.63) is 40.5 Å². The van der Waals surface area contributed by atoms with Crippen LogP contribution in [0.25, 0.3) is 0 Å². The largest absolute Gasteiger partial charge is 0.364 e. The molecular formula is C13H14N4OS. The van der Waals surface area contributed by atoms with Crippen LogP contribution >= 0.6 is 11.3 Å². The molecule has 1 saturated carbocycles. The molecule has 1 aliphatic carbocycles. The van der Waals surface area contributed by atoms with Crippen LogP contribution in [0.2, 0.25) is 0 Å². The van der Waals surface area contributed by atoms with Gasteiger partial charge in [0.1, 0.15) is 11.5 Å². The molecule has 2 heterocycles. The van der Waals surface area contributed by atoms with Gasteiger partial charge in [0.25, 0.3) is 5.91 Å². The molecular weight excluding hydrogens is 260 g/mol. The van der Waals surface area contributed by atoms with Gasteiger partial charge in [0.2, 0.25) is 0 Å². The van der Waals surface area contributed by atoms with Gasteiger partial charge in [0.15, 0.2) is 0 Å². The number of hydrogen-bond donors (Lipinski definition) is 1. The lowest BCUT2D eigenvalue weighted by molar-refractivity contribution is 0.0995. The molecule has 2 aromatic heterocycles. The van der Waals surface area contributed by atoms with Crippen LogP contribution in [0.4, 0.5) is 5.82 Å². The Morgan fingerprint density at radius 3 is 2.95 bits per heavy atom. The highest BCUT2D eigenvalue weighted by atomic mass is 32.1. The second kappa shape index (κ2) is 4.97. The average Bonchev–Trinajstić information content (AvgIpc) is 3.13. The second-order valence-electron chi connectivity index (χ2n) is 4.57. The van der Waals surface area contributed by atoms with Crippen LogP contribution in [-0.2, 0) is 6.54 Å². The summed E-state index contributed by atoms with van der Waals surface area (Å²) in [7, 11) is 0. The van der Waals surface area contributed by atoms with Crippen molar-refractivity contribution in [2.24, 2.45) is 5.73 Å². The number of aromatic nitrogens is 2. The van der Waals surface area contributed by atoms with Crippen molar-refractivity contribution in [1.29, 1.82) is 0 Å². The normalized spacial score (nSPS) is 14.3. The van der Waals surface area contributed by atoms with E-state index in [0.717, 1.165) is 25.2 Å². The maximum atomic E-state index is 11.2. The third-order valence-electron chi connectivity index (χ3n) is 3.06. The fourth-order valence-electron chi connectivity index (χ4n) is 1.97. The molecule has 2 N–H and O–H groups in total. The van der Waals surface area contributed by atoms with Crippen LogP contribution in [-0.4, -0.2) is 21.9 Å². The number of thiophene rings is 1. The summed E-state index contributed by atoms with van der Waals surface area (Å²) in [4.78, 5) is 23.0. The molecule has 0 aromatic carbocycles. The molecule has 0 unspecified atom stereocenters. The Hall–Kier alpha value is -1.95. The first-order chi connectivity index (χ1) is 9.24. The zero-order valence-corrected chi connectivity index (χ0v) is 11.1. The van der Waals surface area contributed by atoms with Crippen molar-refractivity contribution in [2.75, 3.05) is 4.90 Å². The third kappa shape index (κ3) is 2.73. The van der Waals surface area contributed by atoms with E-state index in [1.807, 2.05) is 6.07 Å². The van der Waals surface area contributed by atoms with Crippen LogP contribution in [0, 0.1) is 0 Å². The summed E-state index contributed by atoms with van der Waals surface area (Å²) in [6.45, 7) is 0.805. The maximum Gasteiger partial charge on any atom is 0.268 e. The molecule has 2 aromatic rings. The number of hydrogen-bond acceptors (Lipinski definition) is 5. The third-order valence-corrected chi connectivity index (χ3v) is 3.92. The van der Waals surface area contributed by atoms with Gasteiger partial charge in [-0.3, -0.25) is 9.78 Å². The molecule has 0 saturated heterocycles. The van der Waals surface area contributed by atoms with Gasteiger partial charge in [-0.05, 0) is 24.3 Å². The number of anilines is 1. The molecule has 19 heavy (non-hydrogen) atoms. The van der Waals surface area contributed by atoms with Gasteiger partial charge in [-0.25, -0.2) is 4.98 Å². The van der Waals surface area contributed by atoms with Gasteiger partial charge in [-0.15, -0.1) is 11.3 Å². The Bertz CT molecular complexity index is 580. The highest BCUT2D eigenvalue weighted by molar-refractivity contribution is 7.09. The lowest BCUT2D eigenvalue weighted by Gasteiger charge is -2.22. The van der Waals surface area contributed by atoms with E-state index in [2.05, 4.69) is 26.3 Å². The van der Waals surface area contributed by atoms with E-state index in [1.54, 1.807) is 17.5 Å². The van der Waals surface area contributed by atoms with Crippen LogP contribution in [0.3, 0.4) is 0 Å². The SMILES string of the molecule is NC(=O)c1cncc(N(Cc2cccs2)C2CC2)n1. The monoisotopic (exact) mass is 274 g/mol. The first-order valence-corrected chi connectivity index (χ1v) is 7.03. The van der Waals surface area contributed by atoms with E-state index >= 15 is 0 Å². The smallest absolute Gasteiger partial charge is 0.268 e. The summed E-state index contributed by atoms with van der Waals surface area (Å²) < 4.78 is 0. The quantitative estimate of drug-likeness (QED) is 0.902. The molecule has 1 aliphatic rings. The van der Waals surface area contributed by atoms with Gasteiger partial charge in [0, 0.05) is 10.9 Å². The lowest BCUT2D eigenvalue weighted by atomic mass is 10.3. The fraction of sp³-hybridized carbons (Fsp3) is 0.308. The number of rotatable bonds is 5. The summed E-state index contributed by atoms with van der Waals surface area (Å²) in [6.07, 6.45) is 5.42. The van der Waals surface area contributed by atoms with E-state index in [1.165, 1.54) is 11.1 Å². The van der Waals surface area contributed by atoms with E-state index in [0.29, 0.717) is 6.04 Å². The minimum absolute atomic E-state index is 0.217.